The summed E-state index contributed by atoms with van der Waals surface area (Å²) in [5.41, 5.74) is 8.95. The molecule has 0 aliphatic rings. The first kappa shape index (κ1) is 14.5. The summed E-state index contributed by atoms with van der Waals surface area (Å²) >= 11 is 0. The molecule has 0 atom stereocenters. The Hall–Kier alpha value is -1.55. The molecule has 0 spiro atoms. The van der Waals surface area contributed by atoms with Crippen LogP contribution in [0.1, 0.15) is 31.9 Å². The maximum absolute atomic E-state index is 11.7. The number of nitrogen functional groups attached to an aromatic ring is 1. The number of rotatable bonds is 3. The van der Waals surface area contributed by atoms with Gasteiger partial charge in [-0.2, -0.15) is 0 Å². The zero-order valence-electron chi connectivity index (χ0n) is 11.8. The zero-order valence-corrected chi connectivity index (χ0v) is 11.8. The van der Waals surface area contributed by atoms with E-state index in [1.54, 1.807) is 0 Å². The molecule has 100 valence electrons. The predicted octanol–water partition coefficient (Wildman–Crippen LogP) is 2.64. The standard InChI is InChI=1S/C14H22N2O2/c1-9-6-11(15)12(7-10(9)2)16-13(17)8-18-14(3,4)5/h6-7H,8,15H2,1-5H3,(H,16,17). The summed E-state index contributed by atoms with van der Waals surface area (Å²) in [6, 6.07) is 3.73. The highest BCUT2D eigenvalue weighted by molar-refractivity contribution is 5.94. The van der Waals surface area contributed by atoms with Crippen molar-refractivity contribution in [3.63, 3.8) is 0 Å². The van der Waals surface area contributed by atoms with E-state index < -0.39 is 0 Å². The number of anilines is 2. The number of ether oxygens (including phenoxy) is 1. The van der Waals surface area contributed by atoms with Crippen molar-refractivity contribution >= 4 is 17.3 Å². The van der Waals surface area contributed by atoms with Crippen LogP contribution in [0, 0.1) is 13.8 Å². The SMILES string of the molecule is Cc1cc(N)c(NC(=O)COC(C)(C)C)cc1C. The first-order valence-electron chi connectivity index (χ1n) is 5.99. The van der Waals surface area contributed by atoms with Gasteiger partial charge in [0.05, 0.1) is 17.0 Å². The highest BCUT2D eigenvalue weighted by atomic mass is 16.5. The van der Waals surface area contributed by atoms with Crippen LogP contribution in [0.15, 0.2) is 12.1 Å². The fraction of sp³-hybridized carbons (Fsp3) is 0.500. The summed E-state index contributed by atoms with van der Waals surface area (Å²) in [4.78, 5) is 11.7. The lowest BCUT2D eigenvalue weighted by molar-refractivity contribution is -0.125. The van der Waals surface area contributed by atoms with Crippen LogP contribution < -0.4 is 11.1 Å². The molecule has 0 heterocycles. The lowest BCUT2D eigenvalue weighted by atomic mass is 10.1. The molecule has 1 rings (SSSR count). The lowest BCUT2D eigenvalue weighted by Gasteiger charge is -2.19. The summed E-state index contributed by atoms with van der Waals surface area (Å²) in [7, 11) is 0. The lowest BCUT2D eigenvalue weighted by Crippen LogP contribution is -2.27. The minimum atomic E-state index is -0.327. The minimum Gasteiger partial charge on any atom is -0.397 e. The van der Waals surface area contributed by atoms with Gasteiger partial charge in [-0.3, -0.25) is 4.79 Å². The van der Waals surface area contributed by atoms with Gasteiger partial charge in [0.2, 0.25) is 5.91 Å². The third kappa shape index (κ3) is 4.37. The Morgan fingerprint density at radius 3 is 2.39 bits per heavy atom. The highest BCUT2D eigenvalue weighted by Gasteiger charge is 2.13. The van der Waals surface area contributed by atoms with E-state index in [1.807, 2.05) is 46.8 Å². The van der Waals surface area contributed by atoms with Gasteiger partial charge in [-0.05, 0) is 57.9 Å². The molecular weight excluding hydrogens is 228 g/mol. The average molecular weight is 250 g/mol. The largest absolute Gasteiger partial charge is 0.397 e. The van der Waals surface area contributed by atoms with Crippen molar-refractivity contribution in [1.82, 2.24) is 0 Å². The maximum Gasteiger partial charge on any atom is 0.250 e. The predicted molar refractivity (Wildman–Crippen MR) is 74.7 cm³/mol. The Labute approximate surface area is 109 Å². The van der Waals surface area contributed by atoms with Crippen LogP contribution in [0.25, 0.3) is 0 Å². The molecule has 0 fully saturated rings. The number of hydrogen-bond donors (Lipinski definition) is 2. The first-order chi connectivity index (χ1) is 8.19. The summed E-state index contributed by atoms with van der Waals surface area (Å²) in [6.07, 6.45) is 0. The topological polar surface area (TPSA) is 64.3 Å². The normalized spacial score (nSPS) is 11.4. The number of carbonyl (C=O) groups is 1. The van der Waals surface area contributed by atoms with E-state index in [1.165, 1.54) is 0 Å². The molecule has 0 radical (unpaired) electrons. The molecule has 0 unspecified atom stereocenters. The highest BCUT2D eigenvalue weighted by Crippen LogP contribution is 2.22. The molecule has 0 saturated carbocycles. The van der Waals surface area contributed by atoms with Crippen LogP contribution in [0.2, 0.25) is 0 Å². The van der Waals surface area contributed by atoms with Gasteiger partial charge in [0, 0.05) is 0 Å². The van der Waals surface area contributed by atoms with Crippen molar-refractivity contribution in [1.29, 1.82) is 0 Å². The molecule has 1 amide bonds. The van der Waals surface area contributed by atoms with E-state index in [9.17, 15) is 4.79 Å². The summed E-state index contributed by atoms with van der Waals surface area (Å²) in [5, 5.41) is 2.76. The Morgan fingerprint density at radius 1 is 1.28 bits per heavy atom. The van der Waals surface area contributed by atoms with Crippen molar-refractivity contribution in [2.75, 3.05) is 17.7 Å². The van der Waals surface area contributed by atoms with Gasteiger partial charge in [0.1, 0.15) is 6.61 Å². The van der Waals surface area contributed by atoms with Crippen LogP contribution in [0.5, 0.6) is 0 Å². The van der Waals surface area contributed by atoms with Gasteiger partial charge in [-0.25, -0.2) is 0 Å². The van der Waals surface area contributed by atoms with E-state index in [0.29, 0.717) is 11.4 Å². The number of nitrogens with two attached hydrogens (primary N) is 1. The van der Waals surface area contributed by atoms with Gasteiger partial charge in [-0.15, -0.1) is 0 Å². The van der Waals surface area contributed by atoms with Gasteiger partial charge in [-0.1, -0.05) is 0 Å². The molecule has 18 heavy (non-hydrogen) atoms. The van der Waals surface area contributed by atoms with Crippen LogP contribution in [-0.4, -0.2) is 18.1 Å². The van der Waals surface area contributed by atoms with Gasteiger partial charge in [0.15, 0.2) is 0 Å². The minimum absolute atomic E-state index is 0.0237. The molecule has 4 heteroatoms. The monoisotopic (exact) mass is 250 g/mol. The smallest absolute Gasteiger partial charge is 0.250 e. The van der Waals surface area contributed by atoms with Crippen LogP contribution in [-0.2, 0) is 9.53 Å². The number of carbonyl (C=O) groups excluding carboxylic acids is 1. The van der Waals surface area contributed by atoms with Crippen molar-refractivity contribution in [2.45, 2.75) is 40.2 Å². The van der Waals surface area contributed by atoms with Gasteiger partial charge < -0.3 is 15.8 Å². The van der Waals surface area contributed by atoms with Crippen molar-refractivity contribution in [3.05, 3.63) is 23.3 Å². The molecule has 0 aromatic heterocycles. The van der Waals surface area contributed by atoms with E-state index >= 15 is 0 Å². The number of nitrogens with one attached hydrogen (secondary N) is 1. The Balaban J connectivity index is 2.68. The van der Waals surface area contributed by atoms with Crippen molar-refractivity contribution in [3.8, 4) is 0 Å². The third-order valence-electron chi connectivity index (χ3n) is 2.58. The second-order valence-corrected chi connectivity index (χ2v) is 5.47. The summed E-state index contributed by atoms with van der Waals surface area (Å²) in [5.74, 6) is -0.195. The molecule has 0 aliphatic carbocycles. The van der Waals surface area contributed by atoms with Gasteiger partial charge in [0.25, 0.3) is 0 Å². The maximum atomic E-state index is 11.7. The van der Waals surface area contributed by atoms with Gasteiger partial charge >= 0.3 is 0 Å². The number of hydrogen-bond acceptors (Lipinski definition) is 3. The van der Waals surface area contributed by atoms with E-state index in [2.05, 4.69) is 5.32 Å². The molecule has 1 aromatic rings. The number of benzene rings is 1. The average Bonchev–Trinajstić information content (AvgIpc) is 2.22. The molecule has 3 N–H and O–H groups in total. The quantitative estimate of drug-likeness (QED) is 0.810. The van der Waals surface area contributed by atoms with Crippen LogP contribution in [0.3, 0.4) is 0 Å². The van der Waals surface area contributed by atoms with E-state index in [4.69, 9.17) is 10.5 Å². The second-order valence-electron chi connectivity index (χ2n) is 5.47. The number of aryl methyl sites for hydroxylation is 2. The summed E-state index contributed by atoms with van der Waals surface area (Å²) < 4.78 is 5.40. The molecule has 1 aromatic carbocycles. The zero-order chi connectivity index (χ0) is 13.9. The van der Waals surface area contributed by atoms with E-state index in [-0.39, 0.29) is 18.1 Å². The Bertz CT molecular complexity index is 448. The van der Waals surface area contributed by atoms with Crippen LogP contribution >= 0.6 is 0 Å². The molecule has 0 saturated heterocycles. The Morgan fingerprint density at radius 2 is 1.83 bits per heavy atom. The molecule has 0 bridgehead atoms. The van der Waals surface area contributed by atoms with Crippen molar-refractivity contribution in [2.24, 2.45) is 0 Å². The molecule has 0 aliphatic heterocycles. The fourth-order valence-corrected chi connectivity index (χ4v) is 1.42. The number of amides is 1. The second kappa shape index (κ2) is 5.40. The van der Waals surface area contributed by atoms with Crippen LogP contribution in [0.4, 0.5) is 11.4 Å². The molecular formula is C14H22N2O2. The Kier molecular flexibility index (Phi) is 4.35. The third-order valence-corrected chi connectivity index (χ3v) is 2.58. The van der Waals surface area contributed by atoms with E-state index in [0.717, 1.165) is 11.1 Å². The van der Waals surface area contributed by atoms with Crippen molar-refractivity contribution < 1.29 is 9.53 Å². The molecule has 4 nitrogen and oxygen atoms in total. The first-order valence-corrected chi connectivity index (χ1v) is 5.99. The summed E-state index contributed by atoms with van der Waals surface area (Å²) in [6.45, 7) is 9.71. The fourth-order valence-electron chi connectivity index (χ4n) is 1.42.